The first-order valence-corrected chi connectivity index (χ1v) is 7.10. The minimum absolute atomic E-state index is 0.463. The summed E-state index contributed by atoms with van der Waals surface area (Å²) in [7, 11) is 0. The van der Waals surface area contributed by atoms with Gasteiger partial charge in [-0.1, -0.05) is 26.7 Å². The number of rotatable bonds is 5. The van der Waals surface area contributed by atoms with Crippen LogP contribution in [-0.4, -0.2) is 36.6 Å². The molecule has 1 unspecified atom stereocenters. The second-order valence-corrected chi connectivity index (χ2v) is 6.28. The van der Waals surface area contributed by atoms with Crippen LogP contribution in [0.2, 0.25) is 0 Å². The second-order valence-electron chi connectivity index (χ2n) is 6.28. The Bertz CT molecular complexity index is 217. The molecule has 2 aliphatic rings. The molecule has 0 aromatic carbocycles. The van der Waals surface area contributed by atoms with Crippen LogP contribution in [-0.2, 0) is 0 Å². The van der Waals surface area contributed by atoms with E-state index in [1.165, 1.54) is 58.3 Å². The number of nitrogens with zero attached hydrogens (tertiary/aromatic N) is 1. The summed E-state index contributed by atoms with van der Waals surface area (Å²) in [5.74, 6) is 0. The lowest BCUT2D eigenvalue weighted by molar-refractivity contribution is -0.0751. The third kappa shape index (κ3) is 2.14. The van der Waals surface area contributed by atoms with E-state index in [0.717, 1.165) is 0 Å². The average molecular weight is 224 g/mol. The Morgan fingerprint density at radius 1 is 1.12 bits per heavy atom. The molecule has 0 bridgehead atoms. The molecule has 0 amide bonds. The molecule has 0 radical (unpaired) electrons. The molecule has 2 rings (SSSR count). The van der Waals surface area contributed by atoms with Crippen LogP contribution < -0.4 is 5.32 Å². The van der Waals surface area contributed by atoms with Gasteiger partial charge in [-0.3, -0.25) is 4.90 Å². The Labute approximate surface area is 101 Å². The predicted molar refractivity (Wildman–Crippen MR) is 69.7 cm³/mol. The van der Waals surface area contributed by atoms with Gasteiger partial charge in [-0.2, -0.15) is 0 Å². The van der Waals surface area contributed by atoms with Crippen molar-refractivity contribution >= 4 is 0 Å². The van der Waals surface area contributed by atoms with Crippen LogP contribution in [0.15, 0.2) is 0 Å². The summed E-state index contributed by atoms with van der Waals surface area (Å²) in [6, 6.07) is 0. The maximum atomic E-state index is 3.51. The fraction of sp³-hybridized carbons (Fsp3) is 1.00. The highest BCUT2D eigenvalue weighted by atomic mass is 15.3. The predicted octanol–water partition coefficient (Wildman–Crippen LogP) is 2.64. The minimum Gasteiger partial charge on any atom is -0.315 e. The zero-order chi connectivity index (χ0) is 11.6. The fourth-order valence-corrected chi connectivity index (χ4v) is 3.72. The van der Waals surface area contributed by atoms with Crippen LogP contribution in [0.1, 0.15) is 52.9 Å². The molecule has 16 heavy (non-hydrogen) atoms. The highest BCUT2D eigenvalue weighted by molar-refractivity contribution is 5.04. The molecule has 0 aromatic heterocycles. The second kappa shape index (κ2) is 4.66. The zero-order valence-electron chi connectivity index (χ0n) is 11.3. The number of hydrogen-bond donors (Lipinski definition) is 1. The van der Waals surface area contributed by atoms with E-state index in [2.05, 4.69) is 31.0 Å². The van der Waals surface area contributed by atoms with Gasteiger partial charge in [-0.15, -0.1) is 0 Å². The summed E-state index contributed by atoms with van der Waals surface area (Å²) in [5.41, 5.74) is 1.14. The van der Waals surface area contributed by atoms with Gasteiger partial charge in [0.1, 0.15) is 0 Å². The largest absolute Gasteiger partial charge is 0.315 e. The van der Waals surface area contributed by atoms with Gasteiger partial charge in [0.15, 0.2) is 0 Å². The number of likely N-dealkylation sites (tertiary alicyclic amines) is 1. The van der Waals surface area contributed by atoms with Crippen LogP contribution in [0.25, 0.3) is 0 Å². The third-order valence-electron chi connectivity index (χ3n) is 4.72. The van der Waals surface area contributed by atoms with Crippen LogP contribution in [0.5, 0.6) is 0 Å². The molecule has 2 heterocycles. The Kier molecular flexibility index (Phi) is 3.60. The van der Waals surface area contributed by atoms with E-state index in [1.54, 1.807) is 0 Å². The first kappa shape index (κ1) is 12.4. The maximum absolute atomic E-state index is 3.51. The smallest absolute Gasteiger partial charge is 0.0318 e. The molecular formula is C14H28N2. The van der Waals surface area contributed by atoms with Crippen molar-refractivity contribution in [3.8, 4) is 0 Å². The highest BCUT2D eigenvalue weighted by Crippen LogP contribution is 2.44. The molecule has 2 heteroatoms. The highest BCUT2D eigenvalue weighted by Gasteiger charge is 2.49. The quantitative estimate of drug-likeness (QED) is 0.772. The monoisotopic (exact) mass is 224 g/mol. The Balaban J connectivity index is 1.90. The van der Waals surface area contributed by atoms with E-state index in [1.807, 2.05) is 0 Å². The lowest BCUT2D eigenvalue weighted by Gasteiger charge is -2.57. The molecule has 2 nitrogen and oxygen atoms in total. The Morgan fingerprint density at radius 3 is 2.19 bits per heavy atom. The fourth-order valence-electron chi connectivity index (χ4n) is 3.72. The van der Waals surface area contributed by atoms with E-state index in [-0.39, 0.29) is 0 Å². The summed E-state index contributed by atoms with van der Waals surface area (Å²) in [4.78, 5) is 2.73. The number of hydrogen-bond acceptors (Lipinski definition) is 2. The zero-order valence-corrected chi connectivity index (χ0v) is 11.3. The first-order chi connectivity index (χ1) is 7.64. The number of nitrogens with one attached hydrogen (secondary N) is 1. The molecule has 2 aliphatic heterocycles. The summed E-state index contributed by atoms with van der Waals surface area (Å²) in [6.45, 7) is 12.2. The topological polar surface area (TPSA) is 15.3 Å². The normalized spacial score (nSPS) is 33.9. The lowest BCUT2D eigenvalue weighted by atomic mass is 9.70. The van der Waals surface area contributed by atoms with Crippen LogP contribution in [0.4, 0.5) is 0 Å². The van der Waals surface area contributed by atoms with Crippen molar-refractivity contribution in [1.82, 2.24) is 10.2 Å². The molecule has 0 aromatic rings. The molecule has 94 valence electrons. The summed E-state index contributed by atoms with van der Waals surface area (Å²) in [5, 5.41) is 3.51. The van der Waals surface area contributed by atoms with Crippen molar-refractivity contribution in [2.24, 2.45) is 5.41 Å². The molecule has 1 N–H and O–H groups in total. The Hall–Kier alpha value is -0.0800. The molecular weight excluding hydrogens is 196 g/mol. The van der Waals surface area contributed by atoms with Gasteiger partial charge >= 0.3 is 0 Å². The van der Waals surface area contributed by atoms with Gasteiger partial charge in [0.25, 0.3) is 0 Å². The van der Waals surface area contributed by atoms with Gasteiger partial charge in [0.2, 0.25) is 0 Å². The van der Waals surface area contributed by atoms with E-state index in [4.69, 9.17) is 0 Å². The SMILES string of the molecule is CCCC1(CCC)CN(C2(C)CCNC2)C1. The molecule has 0 saturated carbocycles. The molecule has 0 spiro atoms. The van der Waals surface area contributed by atoms with E-state index in [0.29, 0.717) is 11.0 Å². The Morgan fingerprint density at radius 2 is 1.75 bits per heavy atom. The lowest BCUT2D eigenvalue weighted by Crippen LogP contribution is -2.65. The van der Waals surface area contributed by atoms with Crippen LogP contribution >= 0.6 is 0 Å². The van der Waals surface area contributed by atoms with E-state index >= 15 is 0 Å². The third-order valence-corrected chi connectivity index (χ3v) is 4.72. The van der Waals surface area contributed by atoms with Crippen molar-refractivity contribution in [2.75, 3.05) is 26.2 Å². The van der Waals surface area contributed by atoms with Crippen LogP contribution in [0.3, 0.4) is 0 Å². The summed E-state index contributed by atoms with van der Waals surface area (Å²) >= 11 is 0. The summed E-state index contributed by atoms with van der Waals surface area (Å²) < 4.78 is 0. The maximum Gasteiger partial charge on any atom is 0.0318 e. The standard InChI is InChI=1S/C14H28N2/c1-4-6-14(7-5-2)11-16(12-14)13(3)8-9-15-10-13/h15H,4-12H2,1-3H3. The van der Waals surface area contributed by atoms with Gasteiger partial charge in [0.05, 0.1) is 0 Å². The average Bonchev–Trinajstić information content (AvgIpc) is 2.62. The van der Waals surface area contributed by atoms with Crippen molar-refractivity contribution in [3.05, 3.63) is 0 Å². The molecule has 2 saturated heterocycles. The minimum atomic E-state index is 0.463. The van der Waals surface area contributed by atoms with Gasteiger partial charge in [-0.05, 0) is 38.1 Å². The molecule has 2 fully saturated rings. The molecule has 1 atom stereocenters. The van der Waals surface area contributed by atoms with E-state index in [9.17, 15) is 0 Å². The van der Waals surface area contributed by atoms with Crippen molar-refractivity contribution in [3.63, 3.8) is 0 Å². The van der Waals surface area contributed by atoms with Gasteiger partial charge in [0, 0.05) is 25.2 Å². The summed E-state index contributed by atoms with van der Waals surface area (Å²) in [6.07, 6.45) is 6.90. The van der Waals surface area contributed by atoms with E-state index < -0.39 is 0 Å². The van der Waals surface area contributed by atoms with Crippen LogP contribution in [0, 0.1) is 5.41 Å². The van der Waals surface area contributed by atoms with Gasteiger partial charge < -0.3 is 5.32 Å². The first-order valence-electron chi connectivity index (χ1n) is 7.10. The molecule has 0 aliphatic carbocycles. The van der Waals surface area contributed by atoms with Crippen molar-refractivity contribution in [1.29, 1.82) is 0 Å². The van der Waals surface area contributed by atoms with Gasteiger partial charge in [-0.25, -0.2) is 0 Å². The van der Waals surface area contributed by atoms with Crippen molar-refractivity contribution < 1.29 is 0 Å². The van der Waals surface area contributed by atoms with Crippen molar-refractivity contribution in [2.45, 2.75) is 58.4 Å².